The van der Waals surface area contributed by atoms with Crippen molar-refractivity contribution >= 4 is 43.7 Å². The lowest BCUT2D eigenvalue weighted by Crippen LogP contribution is -2.41. The van der Waals surface area contributed by atoms with Crippen LogP contribution >= 0.6 is 22.7 Å². The Hall–Kier alpha value is -1.29. The molecule has 2 aromatic heterocycles. The van der Waals surface area contributed by atoms with Crippen LogP contribution in [0.3, 0.4) is 0 Å². The number of thiophene rings is 1. The first kappa shape index (κ1) is 17.5. The van der Waals surface area contributed by atoms with Crippen LogP contribution in [0, 0.1) is 19.8 Å². The molecule has 1 aliphatic heterocycles. The number of hydrogen-bond acceptors (Lipinski definition) is 6. The van der Waals surface area contributed by atoms with Crippen molar-refractivity contribution in [2.75, 3.05) is 18.4 Å². The van der Waals surface area contributed by atoms with Crippen LogP contribution in [0.4, 0.5) is 5.13 Å². The van der Waals surface area contributed by atoms with Crippen molar-refractivity contribution in [1.29, 1.82) is 0 Å². The Kier molecular flexibility index (Phi) is 5.05. The number of aryl methyl sites for hydroxylation is 2. The number of rotatable bonds is 4. The molecule has 0 spiro atoms. The van der Waals surface area contributed by atoms with Gasteiger partial charge in [0.15, 0.2) is 5.13 Å². The Bertz CT molecular complexity index is 800. The molecule has 1 N–H and O–H groups in total. The molecule has 0 aromatic carbocycles. The monoisotopic (exact) mass is 385 g/mol. The SMILES string of the molecule is Cc1nc(NC(=O)C2CCN(S(=O)(=O)c3cccs3)CC2)sc1C. The smallest absolute Gasteiger partial charge is 0.252 e. The maximum atomic E-state index is 12.5. The number of nitrogens with zero attached hydrogens (tertiary/aromatic N) is 2. The molecule has 9 heteroatoms. The highest BCUT2D eigenvalue weighted by Crippen LogP contribution is 2.28. The Morgan fingerprint density at radius 1 is 1.33 bits per heavy atom. The van der Waals surface area contributed by atoms with Gasteiger partial charge in [-0.25, -0.2) is 13.4 Å². The Balaban J connectivity index is 1.59. The molecule has 1 fully saturated rings. The summed E-state index contributed by atoms with van der Waals surface area (Å²) in [6.45, 7) is 4.62. The number of sulfonamides is 1. The van der Waals surface area contributed by atoms with Crippen LogP contribution < -0.4 is 5.32 Å². The van der Waals surface area contributed by atoms with E-state index in [9.17, 15) is 13.2 Å². The minimum atomic E-state index is -3.42. The van der Waals surface area contributed by atoms with E-state index in [1.807, 2.05) is 13.8 Å². The quantitative estimate of drug-likeness (QED) is 0.878. The van der Waals surface area contributed by atoms with E-state index < -0.39 is 10.0 Å². The lowest BCUT2D eigenvalue weighted by atomic mass is 9.97. The molecule has 1 amide bonds. The average molecular weight is 386 g/mol. The molecular weight excluding hydrogens is 366 g/mol. The van der Waals surface area contributed by atoms with E-state index in [0.29, 0.717) is 35.3 Å². The third kappa shape index (κ3) is 3.53. The van der Waals surface area contributed by atoms with E-state index in [-0.39, 0.29) is 11.8 Å². The third-order valence-corrected chi connectivity index (χ3v) is 8.43. The van der Waals surface area contributed by atoms with Gasteiger partial charge in [-0.15, -0.1) is 22.7 Å². The molecule has 3 rings (SSSR count). The molecule has 130 valence electrons. The summed E-state index contributed by atoms with van der Waals surface area (Å²) in [5.74, 6) is -0.249. The first-order chi connectivity index (χ1) is 11.4. The van der Waals surface area contributed by atoms with Gasteiger partial charge in [0, 0.05) is 23.9 Å². The van der Waals surface area contributed by atoms with Crippen molar-refractivity contribution < 1.29 is 13.2 Å². The molecule has 6 nitrogen and oxygen atoms in total. The van der Waals surface area contributed by atoms with Crippen molar-refractivity contribution in [2.24, 2.45) is 5.92 Å². The van der Waals surface area contributed by atoms with Crippen molar-refractivity contribution in [3.05, 3.63) is 28.1 Å². The van der Waals surface area contributed by atoms with E-state index in [1.165, 1.54) is 27.0 Å². The van der Waals surface area contributed by atoms with Gasteiger partial charge in [-0.2, -0.15) is 4.31 Å². The van der Waals surface area contributed by atoms with Gasteiger partial charge in [0.05, 0.1) is 5.69 Å². The highest BCUT2D eigenvalue weighted by Gasteiger charge is 2.32. The molecule has 0 unspecified atom stereocenters. The van der Waals surface area contributed by atoms with E-state index in [1.54, 1.807) is 17.5 Å². The normalized spacial score (nSPS) is 17.1. The van der Waals surface area contributed by atoms with Gasteiger partial charge < -0.3 is 5.32 Å². The van der Waals surface area contributed by atoms with Crippen molar-refractivity contribution in [2.45, 2.75) is 30.9 Å². The van der Waals surface area contributed by atoms with Gasteiger partial charge in [0.2, 0.25) is 5.91 Å². The number of piperidine rings is 1. The number of thiazole rings is 1. The second-order valence-corrected chi connectivity index (χ2v) is 10.1. The molecule has 24 heavy (non-hydrogen) atoms. The number of anilines is 1. The van der Waals surface area contributed by atoms with Crippen LogP contribution in [0.1, 0.15) is 23.4 Å². The second kappa shape index (κ2) is 6.91. The predicted molar refractivity (Wildman–Crippen MR) is 96.0 cm³/mol. The Morgan fingerprint density at radius 3 is 2.58 bits per heavy atom. The minimum Gasteiger partial charge on any atom is -0.302 e. The van der Waals surface area contributed by atoms with Gasteiger partial charge in [0.25, 0.3) is 10.0 Å². The maximum Gasteiger partial charge on any atom is 0.252 e. The summed E-state index contributed by atoms with van der Waals surface area (Å²) in [4.78, 5) is 17.8. The lowest BCUT2D eigenvalue weighted by Gasteiger charge is -2.29. The number of carbonyl (C=O) groups is 1. The first-order valence-electron chi connectivity index (χ1n) is 7.66. The summed E-state index contributed by atoms with van der Waals surface area (Å²) in [6.07, 6.45) is 1.06. The second-order valence-electron chi connectivity index (χ2n) is 5.76. The first-order valence-corrected chi connectivity index (χ1v) is 10.8. The van der Waals surface area contributed by atoms with Crippen LogP contribution in [0.15, 0.2) is 21.7 Å². The summed E-state index contributed by atoms with van der Waals surface area (Å²) in [7, 11) is -3.42. The zero-order valence-electron chi connectivity index (χ0n) is 13.5. The largest absolute Gasteiger partial charge is 0.302 e. The number of hydrogen-bond donors (Lipinski definition) is 1. The molecule has 0 atom stereocenters. The number of nitrogens with one attached hydrogen (secondary N) is 1. The minimum absolute atomic E-state index is 0.0723. The fraction of sp³-hybridized carbons (Fsp3) is 0.467. The van der Waals surface area contributed by atoms with Gasteiger partial charge in [-0.05, 0) is 38.1 Å². The molecule has 1 saturated heterocycles. The van der Waals surface area contributed by atoms with Gasteiger partial charge in [-0.1, -0.05) is 6.07 Å². The molecule has 0 aliphatic carbocycles. The van der Waals surface area contributed by atoms with E-state index in [4.69, 9.17) is 0 Å². The molecule has 2 aromatic rings. The van der Waals surface area contributed by atoms with Crippen LogP contribution in [-0.2, 0) is 14.8 Å². The fourth-order valence-electron chi connectivity index (χ4n) is 2.63. The third-order valence-electron chi connectivity index (χ3n) is 4.17. The summed E-state index contributed by atoms with van der Waals surface area (Å²) < 4.78 is 26.8. The van der Waals surface area contributed by atoms with Gasteiger partial charge in [-0.3, -0.25) is 4.79 Å². The molecule has 0 bridgehead atoms. The molecule has 3 heterocycles. The molecule has 0 radical (unpaired) electrons. The number of amides is 1. The van der Waals surface area contributed by atoms with Gasteiger partial charge in [0.1, 0.15) is 4.21 Å². The summed E-state index contributed by atoms with van der Waals surface area (Å²) in [5.41, 5.74) is 0.923. The Morgan fingerprint density at radius 2 is 2.04 bits per heavy atom. The van der Waals surface area contributed by atoms with Crippen molar-refractivity contribution in [3.63, 3.8) is 0 Å². The molecular formula is C15H19N3O3S3. The average Bonchev–Trinajstić information content (AvgIpc) is 3.19. The highest BCUT2D eigenvalue weighted by atomic mass is 32.2. The number of carbonyl (C=O) groups excluding carboxylic acids is 1. The number of aromatic nitrogens is 1. The van der Waals surface area contributed by atoms with Crippen molar-refractivity contribution in [3.8, 4) is 0 Å². The maximum absolute atomic E-state index is 12.5. The van der Waals surface area contributed by atoms with Crippen LogP contribution in [0.5, 0.6) is 0 Å². The van der Waals surface area contributed by atoms with E-state index in [0.717, 1.165) is 10.6 Å². The highest BCUT2D eigenvalue weighted by molar-refractivity contribution is 7.91. The van der Waals surface area contributed by atoms with Gasteiger partial charge >= 0.3 is 0 Å². The van der Waals surface area contributed by atoms with E-state index >= 15 is 0 Å². The lowest BCUT2D eigenvalue weighted by molar-refractivity contribution is -0.120. The molecule has 1 aliphatic rings. The van der Waals surface area contributed by atoms with Crippen molar-refractivity contribution in [1.82, 2.24) is 9.29 Å². The summed E-state index contributed by atoms with van der Waals surface area (Å²) in [6, 6.07) is 3.35. The van der Waals surface area contributed by atoms with Crippen LogP contribution in [-0.4, -0.2) is 36.7 Å². The standard InChI is InChI=1S/C15H19N3O3S3/c1-10-11(2)23-15(16-10)17-14(19)12-5-7-18(8-6-12)24(20,21)13-4-3-9-22-13/h3-4,9,12H,5-8H2,1-2H3,(H,16,17,19). The Labute approximate surface area is 149 Å². The topological polar surface area (TPSA) is 79.4 Å². The summed E-state index contributed by atoms with van der Waals surface area (Å²) >= 11 is 2.68. The zero-order valence-corrected chi connectivity index (χ0v) is 15.9. The zero-order chi connectivity index (χ0) is 17.3. The summed E-state index contributed by atoms with van der Waals surface area (Å²) in [5, 5.41) is 5.23. The predicted octanol–water partition coefficient (Wildman–Crippen LogP) is 2.86. The fourth-order valence-corrected chi connectivity index (χ4v) is 6.06. The van der Waals surface area contributed by atoms with Crippen LogP contribution in [0.2, 0.25) is 0 Å². The molecule has 0 saturated carbocycles. The van der Waals surface area contributed by atoms with E-state index in [2.05, 4.69) is 10.3 Å². The van der Waals surface area contributed by atoms with Crippen LogP contribution in [0.25, 0.3) is 0 Å².